The molecule has 1 heterocycles. The number of halogens is 2. The highest BCUT2D eigenvalue weighted by molar-refractivity contribution is 9.10. The molecule has 16 heavy (non-hydrogen) atoms. The van der Waals surface area contributed by atoms with Crippen molar-refractivity contribution in [3.05, 3.63) is 32.2 Å². The summed E-state index contributed by atoms with van der Waals surface area (Å²) in [7, 11) is 0. The van der Waals surface area contributed by atoms with E-state index >= 15 is 0 Å². The molecule has 1 aliphatic carbocycles. The van der Waals surface area contributed by atoms with Crippen LogP contribution in [0, 0.1) is 0 Å². The molecule has 0 saturated heterocycles. The van der Waals surface area contributed by atoms with E-state index in [9.17, 15) is 4.79 Å². The largest absolute Gasteiger partial charge is 0.286 e. The highest BCUT2D eigenvalue weighted by atomic mass is 79.9. The third-order valence-corrected chi connectivity index (χ3v) is 3.38. The van der Waals surface area contributed by atoms with Crippen molar-refractivity contribution in [3.8, 4) is 0 Å². The average molecular weight is 304 g/mol. The van der Waals surface area contributed by atoms with Crippen molar-refractivity contribution < 1.29 is 0 Å². The molecule has 2 rings (SSSR count). The van der Waals surface area contributed by atoms with E-state index in [4.69, 9.17) is 11.6 Å². The topological polar surface area (TPSA) is 34.9 Å². The summed E-state index contributed by atoms with van der Waals surface area (Å²) in [6, 6.07) is 0. The lowest BCUT2D eigenvalue weighted by Crippen LogP contribution is -2.23. The molecule has 0 atom stereocenters. The van der Waals surface area contributed by atoms with Crippen molar-refractivity contribution in [1.29, 1.82) is 0 Å². The van der Waals surface area contributed by atoms with Crippen LogP contribution in [0.1, 0.15) is 24.1 Å². The molecule has 0 aromatic carbocycles. The van der Waals surface area contributed by atoms with Gasteiger partial charge >= 0.3 is 0 Å². The minimum absolute atomic E-state index is 0.0203. The second-order valence-electron chi connectivity index (χ2n) is 3.69. The first kappa shape index (κ1) is 11.9. The van der Waals surface area contributed by atoms with E-state index in [1.165, 1.54) is 0 Å². The van der Waals surface area contributed by atoms with Crippen molar-refractivity contribution in [2.24, 2.45) is 0 Å². The van der Waals surface area contributed by atoms with Gasteiger partial charge in [-0.3, -0.25) is 9.48 Å². The van der Waals surface area contributed by atoms with Crippen LogP contribution in [-0.4, -0.2) is 15.7 Å². The number of fused-ring (bicyclic) bond motifs is 1. The summed E-state index contributed by atoms with van der Waals surface area (Å²) in [6.45, 7) is 0.762. The normalized spacial score (nSPS) is 13.9. The van der Waals surface area contributed by atoms with Crippen molar-refractivity contribution in [3.63, 3.8) is 0 Å². The first-order chi connectivity index (χ1) is 7.74. The van der Waals surface area contributed by atoms with Crippen LogP contribution in [0.3, 0.4) is 0 Å². The number of rotatable bonds is 3. The Balaban J connectivity index is 2.50. The van der Waals surface area contributed by atoms with E-state index in [1.54, 1.807) is 0 Å². The Labute approximate surface area is 107 Å². The Kier molecular flexibility index (Phi) is 3.82. The molecule has 0 amide bonds. The summed E-state index contributed by atoms with van der Waals surface area (Å²) in [5.41, 5.74) is 1.77. The number of allylic oxidation sites excluding steroid dienone is 1. The maximum Gasteiger partial charge on any atom is 0.222 e. The predicted molar refractivity (Wildman–Crippen MR) is 68.9 cm³/mol. The molecule has 0 N–H and O–H groups in total. The Morgan fingerprint density at radius 1 is 1.56 bits per heavy atom. The van der Waals surface area contributed by atoms with E-state index in [1.807, 2.05) is 16.8 Å². The Morgan fingerprint density at radius 2 is 2.38 bits per heavy atom. The summed E-state index contributed by atoms with van der Waals surface area (Å²) in [5, 5.41) is 4.25. The lowest BCUT2D eigenvalue weighted by molar-refractivity contribution is 0.547. The third kappa shape index (κ3) is 2.23. The van der Waals surface area contributed by atoms with Gasteiger partial charge in [0.05, 0.1) is 0 Å². The van der Waals surface area contributed by atoms with Crippen molar-refractivity contribution in [2.75, 3.05) is 5.88 Å². The van der Waals surface area contributed by atoms with Gasteiger partial charge in [-0.15, -0.1) is 11.6 Å². The number of alkyl halides is 1. The highest BCUT2D eigenvalue weighted by Gasteiger charge is 2.15. The zero-order valence-corrected chi connectivity index (χ0v) is 11.1. The smallest absolute Gasteiger partial charge is 0.222 e. The quantitative estimate of drug-likeness (QED) is 0.805. The van der Waals surface area contributed by atoms with Crippen LogP contribution in [0.2, 0.25) is 0 Å². The van der Waals surface area contributed by atoms with E-state index in [-0.39, 0.29) is 5.43 Å². The van der Waals surface area contributed by atoms with Gasteiger partial charge in [0.25, 0.3) is 0 Å². The molecule has 3 nitrogen and oxygen atoms in total. The van der Waals surface area contributed by atoms with Crippen LogP contribution in [0.5, 0.6) is 0 Å². The first-order valence-corrected chi connectivity index (χ1v) is 6.59. The maximum atomic E-state index is 11.8. The molecule has 1 aromatic rings. The molecule has 0 spiro atoms. The Hall–Kier alpha value is -0.610. The van der Waals surface area contributed by atoms with Gasteiger partial charge in [-0.2, -0.15) is 5.10 Å². The summed E-state index contributed by atoms with van der Waals surface area (Å²) in [6.07, 6.45) is 6.63. The van der Waals surface area contributed by atoms with Crippen molar-refractivity contribution >= 4 is 33.6 Å². The highest BCUT2D eigenvalue weighted by Crippen LogP contribution is 2.17. The molecule has 0 fully saturated rings. The fourth-order valence-electron chi connectivity index (χ4n) is 1.84. The summed E-state index contributed by atoms with van der Waals surface area (Å²) in [5.74, 6) is 0.607. The van der Waals surface area contributed by atoms with Gasteiger partial charge in [0, 0.05) is 23.7 Å². The minimum Gasteiger partial charge on any atom is -0.286 e. The van der Waals surface area contributed by atoms with E-state index < -0.39 is 0 Å². The van der Waals surface area contributed by atoms with Gasteiger partial charge < -0.3 is 0 Å². The second kappa shape index (κ2) is 5.15. The number of nitrogens with zero attached hydrogens (tertiary/aromatic N) is 2. The van der Waals surface area contributed by atoms with Crippen LogP contribution in [0.25, 0.3) is 6.08 Å². The van der Waals surface area contributed by atoms with Crippen LogP contribution in [0.15, 0.2) is 15.5 Å². The standard InChI is InChI=1S/C11H12BrClN2O/c12-11-10(16)8-4-1-2-5-9(8)15(14-11)7-3-6-13/h1,4H,2-3,5-7H2. The van der Waals surface area contributed by atoms with Gasteiger partial charge in [0.2, 0.25) is 5.43 Å². The zero-order valence-electron chi connectivity index (χ0n) is 8.75. The number of aromatic nitrogens is 2. The summed E-state index contributed by atoms with van der Waals surface area (Å²) >= 11 is 8.88. The van der Waals surface area contributed by atoms with Crippen molar-refractivity contribution in [2.45, 2.75) is 25.8 Å². The molecular weight excluding hydrogens is 291 g/mol. The van der Waals surface area contributed by atoms with Crippen LogP contribution in [-0.2, 0) is 13.0 Å². The number of hydrogen-bond donors (Lipinski definition) is 0. The third-order valence-electron chi connectivity index (χ3n) is 2.60. The molecule has 0 bridgehead atoms. The number of hydrogen-bond acceptors (Lipinski definition) is 2. The average Bonchev–Trinajstić information content (AvgIpc) is 2.32. The fourth-order valence-corrected chi connectivity index (χ4v) is 2.37. The first-order valence-electron chi connectivity index (χ1n) is 5.26. The second-order valence-corrected chi connectivity index (χ2v) is 4.82. The fraction of sp³-hybridized carbons (Fsp3) is 0.455. The van der Waals surface area contributed by atoms with Crippen molar-refractivity contribution in [1.82, 2.24) is 9.78 Å². The Bertz CT molecular complexity index is 482. The zero-order chi connectivity index (χ0) is 11.5. The minimum atomic E-state index is -0.0203. The van der Waals surface area contributed by atoms with Crippen LogP contribution < -0.4 is 5.43 Å². The molecule has 1 aliphatic rings. The van der Waals surface area contributed by atoms with Crippen LogP contribution in [0.4, 0.5) is 0 Å². The predicted octanol–water partition coefficient (Wildman–Crippen LogP) is 2.59. The molecule has 0 unspecified atom stereocenters. The van der Waals surface area contributed by atoms with Gasteiger partial charge in [-0.25, -0.2) is 0 Å². The van der Waals surface area contributed by atoms with Gasteiger partial charge in [0.15, 0.2) is 4.60 Å². The van der Waals surface area contributed by atoms with E-state index in [0.717, 1.165) is 37.1 Å². The van der Waals surface area contributed by atoms with E-state index in [0.29, 0.717) is 10.5 Å². The van der Waals surface area contributed by atoms with Gasteiger partial charge in [-0.1, -0.05) is 12.2 Å². The van der Waals surface area contributed by atoms with E-state index in [2.05, 4.69) is 21.0 Å². The monoisotopic (exact) mass is 302 g/mol. The van der Waals surface area contributed by atoms with Crippen LogP contribution >= 0.6 is 27.5 Å². The lowest BCUT2D eigenvalue weighted by atomic mass is 10.0. The maximum absolute atomic E-state index is 11.8. The SMILES string of the molecule is O=c1c(Br)nn(CCCCl)c2c1C=CCC2. The molecule has 0 radical (unpaired) electrons. The molecule has 5 heteroatoms. The van der Waals surface area contributed by atoms with Gasteiger partial charge in [0.1, 0.15) is 0 Å². The summed E-state index contributed by atoms with van der Waals surface area (Å²) < 4.78 is 2.28. The molecular formula is C11H12BrClN2O. The van der Waals surface area contributed by atoms with Gasteiger partial charge in [-0.05, 0) is 35.2 Å². The number of aryl methyl sites for hydroxylation is 1. The lowest BCUT2D eigenvalue weighted by Gasteiger charge is -2.16. The Morgan fingerprint density at radius 3 is 3.12 bits per heavy atom. The molecule has 0 aliphatic heterocycles. The summed E-state index contributed by atoms with van der Waals surface area (Å²) in [4.78, 5) is 11.8. The molecule has 1 aromatic heterocycles. The molecule has 86 valence electrons. The molecule has 0 saturated carbocycles.